The van der Waals surface area contributed by atoms with Gasteiger partial charge in [-0.3, -0.25) is 4.58 Å². The zero-order chi connectivity index (χ0) is 20.5. The highest BCUT2D eigenvalue weighted by molar-refractivity contribution is 8.13. The van der Waals surface area contributed by atoms with Gasteiger partial charge in [-0.15, -0.1) is 0 Å². The minimum absolute atomic E-state index is 0.0827. The molecule has 2 aliphatic rings. The Morgan fingerprint density at radius 2 is 1.86 bits per heavy atom. The van der Waals surface area contributed by atoms with Gasteiger partial charge in [0.2, 0.25) is 15.7 Å². The van der Waals surface area contributed by atoms with E-state index in [1.54, 1.807) is 30.0 Å². The van der Waals surface area contributed by atoms with Crippen LogP contribution in [0.4, 0.5) is 0 Å². The lowest BCUT2D eigenvalue weighted by molar-refractivity contribution is -0.523. The predicted octanol–water partition coefficient (Wildman–Crippen LogP) is 2.75. The van der Waals surface area contributed by atoms with Crippen LogP contribution in [-0.2, 0) is 15.7 Å². The second kappa shape index (κ2) is 8.52. The van der Waals surface area contributed by atoms with Crippen LogP contribution in [0.15, 0.2) is 23.1 Å². The lowest BCUT2D eigenvalue weighted by atomic mass is 10.0. The minimum atomic E-state index is -3.66. The summed E-state index contributed by atoms with van der Waals surface area (Å²) in [4.78, 5) is 2.04. The first-order valence-electron chi connectivity index (χ1n) is 9.84. The lowest BCUT2D eigenvalue weighted by Crippen LogP contribution is -2.47. The van der Waals surface area contributed by atoms with Crippen LogP contribution in [0.25, 0.3) is 0 Å². The molecule has 3 rings (SSSR count). The van der Waals surface area contributed by atoms with E-state index in [2.05, 4.69) is 18.4 Å². The van der Waals surface area contributed by atoms with Crippen molar-refractivity contribution in [3.63, 3.8) is 0 Å². The normalized spacial score (nSPS) is 23.6. The molecular formula is C19H29ClN3O3S2+. The van der Waals surface area contributed by atoms with Gasteiger partial charge < -0.3 is 5.11 Å². The molecule has 1 N–H and O–H groups in total. The van der Waals surface area contributed by atoms with E-state index in [9.17, 15) is 13.5 Å². The molecule has 0 aromatic heterocycles. The molecule has 2 saturated heterocycles. The maximum atomic E-state index is 13.1. The number of amidine groups is 1. The molecule has 0 aliphatic carbocycles. The van der Waals surface area contributed by atoms with E-state index >= 15 is 0 Å². The SMILES string of the molecule is CCN1C(=[N+](CC)CC)SCC1(O)c1ccc(Cl)c(S(=O)(=O)N2CCCC2)c1. The van der Waals surface area contributed by atoms with E-state index in [1.807, 2.05) is 11.8 Å². The second-order valence-corrected chi connectivity index (χ2v) is 10.3. The Kier molecular flexibility index (Phi) is 6.66. The molecule has 0 amide bonds. The third kappa shape index (κ3) is 3.69. The summed E-state index contributed by atoms with van der Waals surface area (Å²) < 4.78 is 29.8. The summed E-state index contributed by atoms with van der Waals surface area (Å²) in [7, 11) is -3.66. The minimum Gasteiger partial charge on any atom is -0.349 e. The molecule has 1 aromatic carbocycles. The van der Waals surface area contributed by atoms with Crippen molar-refractivity contribution in [3.05, 3.63) is 28.8 Å². The molecule has 1 atom stereocenters. The first-order valence-corrected chi connectivity index (χ1v) is 12.6. The van der Waals surface area contributed by atoms with Gasteiger partial charge in [0.15, 0.2) is 0 Å². The van der Waals surface area contributed by atoms with E-state index in [0.29, 0.717) is 31.0 Å². The fourth-order valence-electron chi connectivity index (χ4n) is 3.89. The smallest absolute Gasteiger partial charge is 0.311 e. The van der Waals surface area contributed by atoms with E-state index in [0.717, 1.165) is 31.1 Å². The van der Waals surface area contributed by atoms with Crippen LogP contribution in [0.3, 0.4) is 0 Å². The van der Waals surface area contributed by atoms with E-state index in [1.165, 1.54) is 4.31 Å². The van der Waals surface area contributed by atoms with Crippen LogP contribution >= 0.6 is 23.4 Å². The summed E-state index contributed by atoms with van der Waals surface area (Å²) in [6, 6.07) is 4.88. The lowest BCUT2D eigenvalue weighted by Gasteiger charge is -2.29. The Labute approximate surface area is 177 Å². The van der Waals surface area contributed by atoms with Crippen molar-refractivity contribution in [2.75, 3.05) is 38.5 Å². The van der Waals surface area contributed by atoms with Crippen molar-refractivity contribution in [1.29, 1.82) is 0 Å². The Bertz CT molecular complexity index is 863. The number of halogens is 1. The number of hydrogen-bond acceptors (Lipinski definition) is 4. The first kappa shape index (κ1) is 21.9. The highest BCUT2D eigenvalue weighted by Gasteiger charge is 2.51. The third-order valence-electron chi connectivity index (χ3n) is 5.51. The monoisotopic (exact) mass is 446 g/mol. The average Bonchev–Trinajstić information content (AvgIpc) is 3.32. The van der Waals surface area contributed by atoms with Crippen molar-refractivity contribution in [2.45, 2.75) is 44.2 Å². The summed E-state index contributed by atoms with van der Waals surface area (Å²) in [6.07, 6.45) is 1.73. The van der Waals surface area contributed by atoms with Gasteiger partial charge in [0.05, 0.1) is 30.4 Å². The molecule has 9 heteroatoms. The molecule has 0 bridgehead atoms. The van der Waals surface area contributed by atoms with Gasteiger partial charge in [-0.2, -0.15) is 4.31 Å². The fraction of sp³-hybridized carbons (Fsp3) is 0.632. The number of rotatable bonds is 6. The Hall–Kier alpha value is -0.800. The quantitative estimate of drug-likeness (QED) is 0.680. The summed E-state index contributed by atoms with van der Waals surface area (Å²) in [5.41, 5.74) is -0.705. The molecular weight excluding hydrogens is 418 g/mol. The summed E-state index contributed by atoms with van der Waals surface area (Å²) in [6.45, 7) is 9.52. The van der Waals surface area contributed by atoms with Gasteiger partial charge in [0.25, 0.3) is 0 Å². The molecule has 2 aliphatic heterocycles. The van der Waals surface area contributed by atoms with Gasteiger partial charge in [0, 0.05) is 18.7 Å². The zero-order valence-electron chi connectivity index (χ0n) is 16.7. The van der Waals surface area contributed by atoms with Crippen LogP contribution in [-0.4, -0.2) is 70.9 Å². The van der Waals surface area contributed by atoms with Gasteiger partial charge in [-0.1, -0.05) is 17.7 Å². The van der Waals surface area contributed by atoms with E-state index in [4.69, 9.17) is 11.6 Å². The number of sulfonamides is 1. The summed E-state index contributed by atoms with van der Waals surface area (Å²) >= 11 is 7.89. The second-order valence-electron chi connectivity index (χ2n) is 7.06. The first-order chi connectivity index (χ1) is 13.3. The summed E-state index contributed by atoms with van der Waals surface area (Å²) in [5, 5.41) is 12.8. The van der Waals surface area contributed by atoms with Crippen LogP contribution in [0.1, 0.15) is 39.2 Å². The Morgan fingerprint density at radius 1 is 1.21 bits per heavy atom. The average molecular weight is 447 g/mol. The number of benzene rings is 1. The fourth-order valence-corrected chi connectivity index (χ4v) is 7.44. The molecule has 0 radical (unpaired) electrons. The molecule has 1 unspecified atom stereocenters. The maximum absolute atomic E-state index is 13.1. The topological polar surface area (TPSA) is 63.9 Å². The molecule has 2 heterocycles. The highest BCUT2D eigenvalue weighted by Crippen LogP contribution is 2.40. The third-order valence-corrected chi connectivity index (χ3v) is 9.17. The van der Waals surface area contributed by atoms with Crippen LogP contribution in [0.2, 0.25) is 5.02 Å². The van der Waals surface area contributed by atoms with Crippen LogP contribution < -0.4 is 0 Å². The Balaban J connectivity index is 2.06. The van der Waals surface area contributed by atoms with Crippen molar-refractivity contribution in [2.24, 2.45) is 0 Å². The van der Waals surface area contributed by atoms with Crippen LogP contribution in [0.5, 0.6) is 0 Å². The van der Waals surface area contributed by atoms with E-state index in [-0.39, 0.29) is 9.92 Å². The van der Waals surface area contributed by atoms with Crippen molar-refractivity contribution >= 4 is 38.6 Å². The van der Waals surface area contributed by atoms with Gasteiger partial charge in [0.1, 0.15) is 4.90 Å². The van der Waals surface area contributed by atoms with Crippen molar-refractivity contribution in [1.82, 2.24) is 9.21 Å². The molecule has 156 valence electrons. The standard InChI is InChI=1S/C19H29ClN3O3S2/c1-4-21(5-2)18-23(6-3)19(24,14-27-18)15-9-10-16(20)17(13-15)28(25,26)22-11-7-8-12-22/h9-10,13,24H,4-8,11-12,14H2,1-3H3/q+1. The zero-order valence-corrected chi connectivity index (χ0v) is 19.1. The Morgan fingerprint density at radius 3 is 2.43 bits per heavy atom. The number of nitrogens with zero attached hydrogens (tertiary/aromatic N) is 3. The van der Waals surface area contributed by atoms with Gasteiger partial charge in [-0.25, -0.2) is 13.3 Å². The van der Waals surface area contributed by atoms with Gasteiger partial charge in [-0.05, 0) is 57.5 Å². The molecule has 0 spiro atoms. The van der Waals surface area contributed by atoms with Gasteiger partial charge >= 0.3 is 5.17 Å². The molecule has 1 aromatic rings. The van der Waals surface area contributed by atoms with Crippen molar-refractivity contribution in [3.8, 4) is 0 Å². The number of hydrogen-bond donors (Lipinski definition) is 1. The number of aliphatic hydroxyl groups is 1. The highest BCUT2D eigenvalue weighted by atomic mass is 35.5. The largest absolute Gasteiger partial charge is 0.349 e. The molecule has 2 fully saturated rings. The van der Waals surface area contributed by atoms with E-state index < -0.39 is 15.7 Å². The predicted molar refractivity (Wildman–Crippen MR) is 115 cm³/mol. The molecule has 28 heavy (non-hydrogen) atoms. The number of thioether (sulfide) groups is 1. The maximum Gasteiger partial charge on any atom is 0.311 e. The summed E-state index contributed by atoms with van der Waals surface area (Å²) in [5.74, 6) is 0.442. The molecule has 6 nitrogen and oxygen atoms in total. The van der Waals surface area contributed by atoms with Crippen LogP contribution in [0, 0.1) is 0 Å². The van der Waals surface area contributed by atoms with Crippen molar-refractivity contribution < 1.29 is 18.1 Å². The molecule has 0 saturated carbocycles.